The van der Waals surface area contributed by atoms with Crippen molar-refractivity contribution in [1.82, 2.24) is 18.9 Å². The second-order valence-electron chi connectivity index (χ2n) is 5.77. The number of pyridine rings is 1. The van der Waals surface area contributed by atoms with E-state index in [1.807, 2.05) is 42.8 Å². The molecular formula is C18H17N5O2. The zero-order valence-electron chi connectivity index (χ0n) is 13.9. The predicted octanol–water partition coefficient (Wildman–Crippen LogP) is 2.73. The van der Waals surface area contributed by atoms with Crippen LogP contribution in [0.25, 0.3) is 28.4 Å². The number of nitrogen functional groups attached to an aromatic ring is 1. The summed E-state index contributed by atoms with van der Waals surface area (Å²) in [5, 5.41) is 0. The maximum atomic E-state index is 11.9. The summed E-state index contributed by atoms with van der Waals surface area (Å²) in [6.07, 6.45) is 5.31. The van der Waals surface area contributed by atoms with Gasteiger partial charge in [0.25, 0.3) is 5.56 Å². The van der Waals surface area contributed by atoms with Gasteiger partial charge in [-0.2, -0.15) is 0 Å². The highest BCUT2D eigenvalue weighted by atomic mass is 16.3. The quantitative estimate of drug-likeness (QED) is 0.621. The molecule has 4 aromatic rings. The molecule has 0 aromatic carbocycles. The first kappa shape index (κ1) is 15.2. The van der Waals surface area contributed by atoms with Crippen molar-refractivity contribution >= 4 is 11.5 Å². The molecule has 0 atom stereocenters. The molecule has 4 rings (SSSR count). The van der Waals surface area contributed by atoms with Crippen LogP contribution in [0.1, 0.15) is 12.7 Å². The Bertz CT molecular complexity index is 1140. The van der Waals surface area contributed by atoms with Crippen molar-refractivity contribution in [2.75, 3.05) is 5.73 Å². The fourth-order valence-electron chi connectivity index (χ4n) is 2.94. The number of rotatable bonds is 3. The molecule has 0 radical (unpaired) electrons. The van der Waals surface area contributed by atoms with Crippen LogP contribution in [0, 0.1) is 6.92 Å². The normalized spacial score (nSPS) is 11.3. The zero-order valence-corrected chi connectivity index (χ0v) is 13.9. The fraction of sp³-hybridized carbons (Fsp3) is 0.167. The topological polar surface area (TPSA) is 91.3 Å². The van der Waals surface area contributed by atoms with Crippen LogP contribution in [0.3, 0.4) is 0 Å². The van der Waals surface area contributed by atoms with E-state index in [0.717, 1.165) is 17.0 Å². The third-order valence-electron chi connectivity index (χ3n) is 4.14. The van der Waals surface area contributed by atoms with E-state index in [1.54, 1.807) is 22.9 Å². The number of hydrogen-bond donors (Lipinski definition) is 1. The van der Waals surface area contributed by atoms with Gasteiger partial charge in [0.05, 0.1) is 5.69 Å². The van der Waals surface area contributed by atoms with Crippen LogP contribution in [0.4, 0.5) is 5.82 Å². The van der Waals surface area contributed by atoms with Gasteiger partial charge in [0.15, 0.2) is 17.2 Å². The third-order valence-corrected chi connectivity index (χ3v) is 4.14. The van der Waals surface area contributed by atoms with Gasteiger partial charge in [-0.25, -0.2) is 9.97 Å². The van der Waals surface area contributed by atoms with Gasteiger partial charge in [-0.3, -0.25) is 9.20 Å². The molecule has 0 saturated carbocycles. The highest BCUT2D eigenvalue weighted by Gasteiger charge is 2.19. The van der Waals surface area contributed by atoms with Crippen molar-refractivity contribution in [3.8, 4) is 22.7 Å². The van der Waals surface area contributed by atoms with Gasteiger partial charge in [-0.15, -0.1) is 0 Å². The van der Waals surface area contributed by atoms with E-state index in [4.69, 9.17) is 10.2 Å². The van der Waals surface area contributed by atoms with Crippen molar-refractivity contribution in [1.29, 1.82) is 0 Å². The Labute approximate surface area is 143 Å². The summed E-state index contributed by atoms with van der Waals surface area (Å²) in [6.45, 7) is 4.38. The average Bonchev–Trinajstić information content (AvgIpc) is 3.25. The van der Waals surface area contributed by atoms with Gasteiger partial charge in [0.2, 0.25) is 0 Å². The molecule has 0 amide bonds. The predicted molar refractivity (Wildman–Crippen MR) is 95.2 cm³/mol. The van der Waals surface area contributed by atoms with Crippen molar-refractivity contribution in [3.05, 3.63) is 59.0 Å². The van der Waals surface area contributed by atoms with Gasteiger partial charge in [-0.05, 0) is 32.0 Å². The summed E-state index contributed by atoms with van der Waals surface area (Å²) in [6, 6.07) is 7.07. The monoisotopic (exact) mass is 335 g/mol. The minimum absolute atomic E-state index is 0.0491. The minimum atomic E-state index is -0.0491. The Morgan fingerprint density at radius 2 is 2.08 bits per heavy atom. The average molecular weight is 335 g/mol. The lowest BCUT2D eigenvalue weighted by Crippen LogP contribution is -2.17. The third kappa shape index (κ3) is 2.40. The number of anilines is 1. The summed E-state index contributed by atoms with van der Waals surface area (Å²) >= 11 is 0. The van der Waals surface area contributed by atoms with E-state index in [2.05, 4.69) is 9.97 Å². The Hall–Kier alpha value is -3.35. The zero-order chi connectivity index (χ0) is 17.6. The number of hydrogen-bond acceptors (Lipinski definition) is 5. The largest absolute Gasteiger partial charge is 0.460 e. The molecule has 0 saturated heterocycles. The Kier molecular flexibility index (Phi) is 3.42. The number of nitrogens with zero attached hydrogens (tertiary/aromatic N) is 4. The maximum absolute atomic E-state index is 11.9. The molecule has 0 fully saturated rings. The van der Waals surface area contributed by atoms with E-state index < -0.39 is 0 Å². The van der Waals surface area contributed by atoms with E-state index in [9.17, 15) is 4.79 Å². The molecule has 0 aliphatic rings. The fourth-order valence-corrected chi connectivity index (χ4v) is 2.94. The number of nitrogens with two attached hydrogens (primary N) is 1. The van der Waals surface area contributed by atoms with Crippen LogP contribution in [0.15, 0.2) is 52.1 Å². The summed E-state index contributed by atoms with van der Waals surface area (Å²) in [7, 11) is 0. The molecule has 0 bridgehead atoms. The van der Waals surface area contributed by atoms with E-state index in [-0.39, 0.29) is 5.56 Å². The molecule has 7 nitrogen and oxygen atoms in total. The van der Waals surface area contributed by atoms with E-state index in [1.165, 1.54) is 0 Å². The van der Waals surface area contributed by atoms with Crippen LogP contribution >= 0.6 is 0 Å². The number of furan rings is 1. The smallest absolute Gasteiger partial charge is 0.250 e. The van der Waals surface area contributed by atoms with Crippen molar-refractivity contribution in [2.45, 2.75) is 20.4 Å². The molecule has 0 unspecified atom stereocenters. The van der Waals surface area contributed by atoms with Crippen LogP contribution < -0.4 is 11.3 Å². The van der Waals surface area contributed by atoms with Gasteiger partial charge >= 0.3 is 0 Å². The first-order valence-electron chi connectivity index (χ1n) is 7.98. The molecule has 25 heavy (non-hydrogen) atoms. The molecule has 2 N–H and O–H groups in total. The van der Waals surface area contributed by atoms with Gasteiger partial charge < -0.3 is 14.7 Å². The van der Waals surface area contributed by atoms with Gasteiger partial charge in [0.1, 0.15) is 11.5 Å². The first-order valence-corrected chi connectivity index (χ1v) is 7.98. The maximum Gasteiger partial charge on any atom is 0.250 e. The highest BCUT2D eigenvalue weighted by molar-refractivity contribution is 5.81. The Balaban J connectivity index is 2.09. The van der Waals surface area contributed by atoms with Crippen LogP contribution in [0.2, 0.25) is 0 Å². The van der Waals surface area contributed by atoms with Crippen LogP contribution in [0.5, 0.6) is 0 Å². The van der Waals surface area contributed by atoms with Crippen molar-refractivity contribution in [3.63, 3.8) is 0 Å². The number of aryl methyl sites for hydroxylation is 2. The lowest BCUT2D eigenvalue weighted by molar-refractivity contribution is 0.546. The first-order chi connectivity index (χ1) is 12.1. The molecule has 4 heterocycles. The van der Waals surface area contributed by atoms with Gasteiger partial charge in [0, 0.05) is 36.8 Å². The van der Waals surface area contributed by atoms with Gasteiger partial charge in [-0.1, -0.05) is 0 Å². The SMILES string of the molecule is CCn1cc(-c2c(-c3ccc(C)o3)nc(N)c3nccn23)ccc1=O. The molecule has 126 valence electrons. The number of fused-ring (bicyclic) bond motifs is 1. The second-order valence-corrected chi connectivity index (χ2v) is 5.77. The lowest BCUT2D eigenvalue weighted by atomic mass is 10.1. The van der Waals surface area contributed by atoms with Crippen LogP contribution in [-0.2, 0) is 6.54 Å². The van der Waals surface area contributed by atoms with Crippen molar-refractivity contribution < 1.29 is 4.42 Å². The molecule has 0 aliphatic heterocycles. The minimum Gasteiger partial charge on any atom is -0.460 e. The standard InChI is InChI=1S/C18H17N5O2/c1-3-22-10-12(5-7-14(22)24)16-15(13-6-4-11(2)25-13)21-17(19)18-20-8-9-23(16)18/h4-10H,3H2,1-2H3,(H2,19,21). The van der Waals surface area contributed by atoms with E-state index in [0.29, 0.717) is 29.5 Å². The van der Waals surface area contributed by atoms with Crippen LogP contribution in [-0.4, -0.2) is 18.9 Å². The lowest BCUT2D eigenvalue weighted by Gasteiger charge is -2.13. The summed E-state index contributed by atoms with van der Waals surface area (Å²) < 4.78 is 9.29. The second kappa shape index (κ2) is 5.62. The molecule has 0 aliphatic carbocycles. The highest BCUT2D eigenvalue weighted by Crippen LogP contribution is 2.33. The van der Waals surface area contributed by atoms with E-state index >= 15 is 0 Å². The molecule has 0 spiro atoms. The Morgan fingerprint density at radius 3 is 2.80 bits per heavy atom. The molecule has 7 heteroatoms. The number of imidazole rings is 1. The van der Waals surface area contributed by atoms with Crippen molar-refractivity contribution in [2.24, 2.45) is 0 Å². The summed E-state index contributed by atoms with van der Waals surface area (Å²) in [5.74, 6) is 1.72. The number of aromatic nitrogens is 4. The summed E-state index contributed by atoms with van der Waals surface area (Å²) in [4.78, 5) is 20.8. The molecule has 4 aromatic heterocycles. The Morgan fingerprint density at radius 1 is 1.24 bits per heavy atom. The summed E-state index contributed by atoms with van der Waals surface area (Å²) in [5.41, 5.74) is 8.82. The molecular weight excluding hydrogens is 318 g/mol.